The second-order valence-electron chi connectivity index (χ2n) is 3.62. The average Bonchev–Trinajstić information content (AvgIpc) is 2.64. The summed E-state index contributed by atoms with van der Waals surface area (Å²) in [5, 5.41) is 0. The molecule has 0 saturated heterocycles. The van der Waals surface area contributed by atoms with Crippen LogP contribution >= 0.6 is 0 Å². The summed E-state index contributed by atoms with van der Waals surface area (Å²) in [5.41, 5.74) is 6.46. The molecule has 1 heterocycles. The van der Waals surface area contributed by atoms with Crippen LogP contribution < -0.4 is 10.6 Å². The van der Waals surface area contributed by atoms with Crippen LogP contribution in [0.1, 0.15) is 5.76 Å². The van der Waals surface area contributed by atoms with E-state index < -0.39 is 0 Å². The van der Waals surface area contributed by atoms with Crippen molar-refractivity contribution in [2.45, 2.75) is 6.92 Å². The van der Waals surface area contributed by atoms with Crippen molar-refractivity contribution >= 4 is 17.3 Å². The van der Waals surface area contributed by atoms with Gasteiger partial charge in [0.1, 0.15) is 17.3 Å². The molecular weight excluding hydrogens is 207 g/mol. The highest BCUT2D eigenvalue weighted by Gasteiger charge is 2.14. The minimum atomic E-state index is -0.364. The number of hydrogen-bond donors (Lipinski definition) is 1. The molecule has 4 heteroatoms. The molecule has 0 spiro atoms. The quantitative estimate of drug-likeness (QED) is 0.791. The minimum absolute atomic E-state index is 0.330. The fourth-order valence-corrected chi connectivity index (χ4v) is 1.60. The molecule has 3 nitrogen and oxygen atoms in total. The fourth-order valence-electron chi connectivity index (χ4n) is 1.60. The van der Waals surface area contributed by atoms with Crippen LogP contribution in [-0.2, 0) is 0 Å². The third kappa shape index (κ3) is 1.74. The molecule has 0 radical (unpaired) electrons. The number of hydrogen-bond acceptors (Lipinski definition) is 3. The molecule has 16 heavy (non-hydrogen) atoms. The number of rotatable bonds is 2. The van der Waals surface area contributed by atoms with Gasteiger partial charge in [0.25, 0.3) is 0 Å². The lowest BCUT2D eigenvalue weighted by molar-refractivity contribution is 0.535. The average molecular weight is 220 g/mol. The van der Waals surface area contributed by atoms with Gasteiger partial charge in [-0.3, -0.25) is 0 Å². The van der Waals surface area contributed by atoms with Crippen molar-refractivity contribution < 1.29 is 8.81 Å². The molecule has 0 atom stereocenters. The maximum atomic E-state index is 13.6. The van der Waals surface area contributed by atoms with Crippen molar-refractivity contribution in [2.24, 2.45) is 0 Å². The van der Waals surface area contributed by atoms with Crippen LogP contribution in [0, 0.1) is 12.7 Å². The zero-order valence-electron chi connectivity index (χ0n) is 9.20. The lowest BCUT2D eigenvalue weighted by Gasteiger charge is -2.18. The lowest BCUT2D eigenvalue weighted by atomic mass is 10.2. The van der Waals surface area contributed by atoms with E-state index in [1.54, 1.807) is 30.1 Å². The number of furan rings is 1. The Labute approximate surface area is 93.3 Å². The summed E-state index contributed by atoms with van der Waals surface area (Å²) in [5.74, 6) is 0.975. The Hall–Kier alpha value is -1.97. The fraction of sp³-hybridized carbons (Fsp3) is 0.167. The Morgan fingerprint density at radius 1 is 1.25 bits per heavy atom. The van der Waals surface area contributed by atoms with Crippen molar-refractivity contribution in [2.75, 3.05) is 17.7 Å². The van der Waals surface area contributed by atoms with E-state index >= 15 is 0 Å². The van der Waals surface area contributed by atoms with Gasteiger partial charge in [0.15, 0.2) is 5.88 Å². The summed E-state index contributed by atoms with van der Waals surface area (Å²) in [4.78, 5) is 1.59. The number of para-hydroxylation sites is 1. The van der Waals surface area contributed by atoms with Crippen LogP contribution in [0.2, 0.25) is 0 Å². The first kappa shape index (κ1) is 10.5. The first-order chi connectivity index (χ1) is 7.59. The number of nitrogens with zero attached hydrogens (tertiary/aromatic N) is 1. The smallest absolute Gasteiger partial charge is 0.199 e. The highest BCUT2D eigenvalue weighted by molar-refractivity contribution is 5.73. The highest BCUT2D eigenvalue weighted by atomic mass is 19.1. The van der Waals surface area contributed by atoms with E-state index in [4.69, 9.17) is 10.2 Å². The largest absolute Gasteiger partial charge is 0.446 e. The van der Waals surface area contributed by atoms with Crippen molar-refractivity contribution in [3.05, 3.63) is 41.9 Å². The van der Waals surface area contributed by atoms with E-state index in [2.05, 4.69) is 0 Å². The number of nitrogen functional groups attached to an aromatic ring is 1. The first-order valence-corrected chi connectivity index (χ1v) is 4.94. The van der Waals surface area contributed by atoms with Crippen molar-refractivity contribution in [3.63, 3.8) is 0 Å². The van der Waals surface area contributed by atoms with Crippen LogP contribution in [0.3, 0.4) is 0 Å². The summed E-state index contributed by atoms with van der Waals surface area (Å²) in [7, 11) is 1.72. The molecule has 1 aromatic heterocycles. The van der Waals surface area contributed by atoms with E-state index in [1.165, 1.54) is 6.07 Å². The second kappa shape index (κ2) is 3.89. The maximum absolute atomic E-state index is 13.6. The molecular formula is C12H13FN2O. The summed E-state index contributed by atoms with van der Waals surface area (Å²) in [6.45, 7) is 1.84. The third-order valence-electron chi connectivity index (χ3n) is 2.41. The van der Waals surface area contributed by atoms with E-state index in [-0.39, 0.29) is 5.82 Å². The normalized spacial score (nSPS) is 10.4. The summed E-state index contributed by atoms with van der Waals surface area (Å²) in [6, 6.07) is 8.21. The van der Waals surface area contributed by atoms with Crippen LogP contribution in [0.4, 0.5) is 21.6 Å². The highest BCUT2D eigenvalue weighted by Crippen LogP contribution is 2.32. The van der Waals surface area contributed by atoms with Gasteiger partial charge >= 0.3 is 0 Å². The Kier molecular flexibility index (Phi) is 2.56. The van der Waals surface area contributed by atoms with Gasteiger partial charge in [-0.05, 0) is 25.1 Å². The molecule has 2 rings (SSSR count). The first-order valence-electron chi connectivity index (χ1n) is 4.94. The van der Waals surface area contributed by atoms with E-state index in [0.717, 1.165) is 5.76 Å². The van der Waals surface area contributed by atoms with Gasteiger partial charge in [0, 0.05) is 13.1 Å². The van der Waals surface area contributed by atoms with E-state index in [0.29, 0.717) is 17.3 Å². The molecule has 0 unspecified atom stereocenters. The zero-order chi connectivity index (χ0) is 11.7. The molecule has 0 amide bonds. The SMILES string of the molecule is Cc1ccc(N(C)c2c(N)cccc2F)o1. The van der Waals surface area contributed by atoms with E-state index in [9.17, 15) is 4.39 Å². The van der Waals surface area contributed by atoms with Gasteiger partial charge in [-0.1, -0.05) is 6.07 Å². The topological polar surface area (TPSA) is 42.4 Å². The third-order valence-corrected chi connectivity index (χ3v) is 2.41. The van der Waals surface area contributed by atoms with Crippen LogP contribution in [0.5, 0.6) is 0 Å². The van der Waals surface area contributed by atoms with Gasteiger partial charge < -0.3 is 15.1 Å². The number of aryl methyl sites for hydroxylation is 1. The predicted molar refractivity (Wildman–Crippen MR) is 62.3 cm³/mol. The Morgan fingerprint density at radius 2 is 2.00 bits per heavy atom. The standard InChI is InChI=1S/C12H13FN2O/c1-8-6-7-11(16-8)15(2)12-9(13)4-3-5-10(12)14/h3-7H,14H2,1-2H3. The van der Waals surface area contributed by atoms with Gasteiger partial charge in [-0.2, -0.15) is 0 Å². The van der Waals surface area contributed by atoms with Crippen LogP contribution in [-0.4, -0.2) is 7.05 Å². The molecule has 2 N–H and O–H groups in total. The second-order valence-corrected chi connectivity index (χ2v) is 3.62. The molecule has 0 saturated carbocycles. The Morgan fingerprint density at radius 3 is 2.56 bits per heavy atom. The Balaban J connectivity index is 2.45. The number of benzene rings is 1. The molecule has 2 aromatic rings. The summed E-state index contributed by atoms with van der Waals surface area (Å²) in [6.07, 6.45) is 0. The number of anilines is 3. The number of nitrogens with two attached hydrogens (primary N) is 1. The molecule has 1 aromatic carbocycles. The van der Waals surface area contributed by atoms with Gasteiger partial charge in [-0.15, -0.1) is 0 Å². The Bertz CT molecular complexity index is 487. The van der Waals surface area contributed by atoms with Gasteiger partial charge in [0.05, 0.1) is 5.69 Å². The molecule has 0 bridgehead atoms. The predicted octanol–water partition coefficient (Wildman–Crippen LogP) is 3.08. The minimum Gasteiger partial charge on any atom is -0.446 e. The van der Waals surface area contributed by atoms with Gasteiger partial charge in [-0.25, -0.2) is 4.39 Å². The van der Waals surface area contributed by atoms with Crippen molar-refractivity contribution in [1.29, 1.82) is 0 Å². The molecule has 84 valence electrons. The maximum Gasteiger partial charge on any atom is 0.199 e. The summed E-state index contributed by atoms with van der Waals surface area (Å²) >= 11 is 0. The molecule has 0 aliphatic rings. The van der Waals surface area contributed by atoms with Crippen LogP contribution in [0.25, 0.3) is 0 Å². The monoisotopic (exact) mass is 220 g/mol. The number of halogens is 1. The lowest BCUT2D eigenvalue weighted by Crippen LogP contribution is -2.12. The molecule has 0 aliphatic carbocycles. The molecule has 0 aliphatic heterocycles. The zero-order valence-corrected chi connectivity index (χ0v) is 9.20. The van der Waals surface area contributed by atoms with E-state index in [1.807, 2.05) is 13.0 Å². The molecule has 0 fully saturated rings. The van der Waals surface area contributed by atoms with Crippen molar-refractivity contribution in [1.82, 2.24) is 0 Å². The van der Waals surface area contributed by atoms with Crippen molar-refractivity contribution in [3.8, 4) is 0 Å². The van der Waals surface area contributed by atoms with Crippen LogP contribution in [0.15, 0.2) is 34.7 Å². The van der Waals surface area contributed by atoms with Gasteiger partial charge in [0.2, 0.25) is 0 Å². The summed E-state index contributed by atoms with van der Waals surface area (Å²) < 4.78 is 19.0.